The van der Waals surface area contributed by atoms with Crippen molar-refractivity contribution in [2.24, 2.45) is 5.92 Å². The Labute approximate surface area is 166 Å². The summed E-state index contributed by atoms with van der Waals surface area (Å²) < 4.78 is 38.5. The van der Waals surface area contributed by atoms with Gasteiger partial charge in [-0.1, -0.05) is 29.8 Å². The van der Waals surface area contributed by atoms with Gasteiger partial charge in [0, 0.05) is 32.0 Å². The average molecular weight is 406 g/mol. The largest absolute Gasteiger partial charge is 0.507 e. The quantitative estimate of drug-likeness (QED) is 0.799. The van der Waals surface area contributed by atoms with Crippen molar-refractivity contribution in [3.05, 3.63) is 64.7 Å². The number of hydrogen-bond donors (Lipinski definition) is 2. The van der Waals surface area contributed by atoms with Gasteiger partial charge < -0.3 is 15.3 Å². The van der Waals surface area contributed by atoms with Crippen LogP contribution < -0.4 is 5.32 Å². The van der Waals surface area contributed by atoms with Gasteiger partial charge in [0.1, 0.15) is 5.75 Å². The van der Waals surface area contributed by atoms with Crippen LogP contribution in [0.4, 0.5) is 13.2 Å². The summed E-state index contributed by atoms with van der Waals surface area (Å²) in [5, 5.41) is 12.3. The van der Waals surface area contributed by atoms with Crippen LogP contribution in [0.3, 0.4) is 0 Å². The van der Waals surface area contributed by atoms with Gasteiger partial charge in [-0.2, -0.15) is 13.2 Å². The monoisotopic (exact) mass is 406 g/mol. The van der Waals surface area contributed by atoms with E-state index in [-0.39, 0.29) is 24.8 Å². The predicted octanol–water partition coefficient (Wildman–Crippen LogP) is 3.50. The zero-order valence-electron chi connectivity index (χ0n) is 15.8. The number of phenolic OH excluding ortho intramolecular Hbond substituents is 1. The molecule has 29 heavy (non-hydrogen) atoms. The molecule has 0 aliphatic carbocycles. The highest BCUT2D eigenvalue weighted by Gasteiger charge is 2.33. The number of likely N-dealkylation sites (tertiary alicyclic amines) is 1. The Bertz CT molecular complexity index is 928. The van der Waals surface area contributed by atoms with Crippen LogP contribution >= 0.6 is 0 Å². The molecule has 2 N–H and O–H groups in total. The Hall–Kier alpha value is -3.03. The van der Waals surface area contributed by atoms with Crippen molar-refractivity contribution in [3.8, 4) is 5.75 Å². The van der Waals surface area contributed by atoms with E-state index in [1.165, 1.54) is 0 Å². The number of carbonyl (C=O) groups is 2. The molecule has 0 spiro atoms. The van der Waals surface area contributed by atoms with Gasteiger partial charge in [-0.25, -0.2) is 0 Å². The zero-order valence-corrected chi connectivity index (χ0v) is 15.8. The number of amides is 2. The summed E-state index contributed by atoms with van der Waals surface area (Å²) in [6.07, 6.45) is -4.36. The molecule has 2 amide bonds. The van der Waals surface area contributed by atoms with Gasteiger partial charge in [0.05, 0.1) is 11.1 Å². The molecule has 1 heterocycles. The van der Waals surface area contributed by atoms with Crippen LogP contribution in [-0.2, 0) is 17.5 Å². The molecule has 0 unspecified atom stereocenters. The van der Waals surface area contributed by atoms with Crippen molar-refractivity contribution in [2.75, 3.05) is 13.1 Å². The minimum Gasteiger partial charge on any atom is -0.507 e. The zero-order chi connectivity index (χ0) is 21.2. The minimum atomic E-state index is -4.61. The van der Waals surface area contributed by atoms with Crippen molar-refractivity contribution in [1.82, 2.24) is 10.2 Å². The summed E-state index contributed by atoms with van der Waals surface area (Å²) in [5.41, 5.74) is 0.650. The first-order chi connectivity index (χ1) is 13.6. The fraction of sp³-hybridized carbons (Fsp3) is 0.333. The molecular formula is C21H21F3N2O3. The van der Waals surface area contributed by atoms with E-state index in [0.717, 1.165) is 17.2 Å². The second-order valence-corrected chi connectivity index (χ2v) is 7.27. The van der Waals surface area contributed by atoms with Gasteiger partial charge in [-0.3, -0.25) is 9.59 Å². The van der Waals surface area contributed by atoms with Crippen LogP contribution in [0.1, 0.15) is 33.5 Å². The van der Waals surface area contributed by atoms with Crippen LogP contribution in [0.2, 0.25) is 0 Å². The third-order valence-electron chi connectivity index (χ3n) is 4.87. The van der Waals surface area contributed by atoms with E-state index >= 15 is 0 Å². The smallest absolute Gasteiger partial charge is 0.416 e. The number of carbonyl (C=O) groups excluding carboxylic acids is 2. The Balaban J connectivity index is 1.59. The SMILES string of the molecule is Cc1cccc(CN2C[C@H](CNC(=O)c3cc(C(F)(F)F)ccc3O)CC2=O)c1. The lowest BCUT2D eigenvalue weighted by Crippen LogP contribution is -2.31. The molecule has 0 bridgehead atoms. The van der Waals surface area contributed by atoms with Crippen LogP contribution in [0.15, 0.2) is 42.5 Å². The summed E-state index contributed by atoms with van der Waals surface area (Å²) >= 11 is 0. The predicted molar refractivity (Wildman–Crippen MR) is 100 cm³/mol. The first kappa shape index (κ1) is 20.7. The van der Waals surface area contributed by atoms with Crippen molar-refractivity contribution >= 4 is 11.8 Å². The fourth-order valence-electron chi connectivity index (χ4n) is 3.40. The summed E-state index contributed by atoms with van der Waals surface area (Å²) in [6.45, 7) is 3.02. The van der Waals surface area contributed by atoms with E-state index in [2.05, 4.69) is 5.32 Å². The van der Waals surface area contributed by atoms with Crippen molar-refractivity contribution in [2.45, 2.75) is 26.1 Å². The number of nitrogens with one attached hydrogen (secondary N) is 1. The Morgan fingerprint density at radius 3 is 2.69 bits per heavy atom. The van der Waals surface area contributed by atoms with E-state index in [1.54, 1.807) is 4.90 Å². The molecule has 2 aromatic rings. The lowest BCUT2D eigenvalue weighted by molar-refractivity contribution is -0.137. The average Bonchev–Trinajstić information content (AvgIpc) is 2.98. The number of hydrogen-bond acceptors (Lipinski definition) is 3. The first-order valence-corrected chi connectivity index (χ1v) is 9.15. The lowest BCUT2D eigenvalue weighted by atomic mass is 10.1. The maximum atomic E-state index is 12.8. The third-order valence-corrected chi connectivity index (χ3v) is 4.87. The van der Waals surface area contributed by atoms with Crippen LogP contribution in [0.5, 0.6) is 5.75 Å². The molecule has 3 rings (SSSR count). The topological polar surface area (TPSA) is 69.6 Å². The maximum Gasteiger partial charge on any atom is 0.416 e. The maximum absolute atomic E-state index is 12.8. The van der Waals surface area contributed by atoms with Gasteiger partial charge in [0.15, 0.2) is 0 Å². The van der Waals surface area contributed by atoms with E-state index in [1.807, 2.05) is 31.2 Å². The normalized spacial score (nSPS) is 16.9. The molecule has 1 atom stereocenters. The molecule has 154 valence electrons. The number of aromatic hydroxyl groups is 1. The molecule has 2 aromatic carbocycles. The molecule has 5 nitrogen and oxygen atoms in total. The third kappa shape index (κ3) is 5.07. The van der Waals surface area contributed by atoms with Gasteiger partial charge in [0.25, 0.3) is 5.91 Å². The standard InChI is InChI=1S/C21H21F3N2O3/c1-13-3-2-4-14(7-13)11-26-12-15(8-19(26)28)10-25-20(29)17-9-16(21(22,23)24)5-6-18(17)27/h2-7,9,15,27H,8,10-12H2,1H3,(H,25,29)/t15-/m0/s1. The molecule has 1 fully saturated rings. The van der Waals surface area contributed by atoms with Gasteiger partial charge in [-0.15, -0.1) is 0 Å². The number of rotatable bonds is 5. The fourth-order valence-corrected chi connectivity index (χ4v) is 3.40. The number of alkyl halides is 3. The molecule has 0 saturated carbocycles. The number of aryl methyl sites for hydroxylation is 1. The minimum absolute atomic E-state index is 0.0346. The highest BCUT2D eigenvalue weighted by atomic mass is 19.4. The van der Waals surface area contributed by atoms with Gasteiger partial charge in [-0.05, 0) is 30.7 Å². The molecule has 1 saturated heterocycles. The summed E-state index contributed by atoms with van der Waals surface area (Å²) in [4.78, 5) is 26.2. The Kier molecular flexibility index (Phi) is 5.81. The lowest BCUT2D eigenvalue weighted by Gasteiger charge is -2.17. The van der Waals surface area contributed by atoms with Crippen molar-refractivity contribution in [3.63, 3.8) is 0 Å². The molecule has 8 heteroatoms. The van der Waals surface area contributed by atoms with E-state index < -0.39 is 29.0 Å². The first-order valence-electron chi connectivity index (χ1n) is 9.15. The van der Waals surface area contributed by atoms with Crippen molar-refractivity contribution < 1.29 is 27.9 Å². The highest BCUT2D eigenvalue weighted by molar-refractivity contribution is 5.97. The number of phenols is 1. The number of nitrogens with zero attached hydrogens (tertiary/aromatic N) is 1. The number of benzene rings is 2. The summed E-state index contributed by atoms with van der Waals surface area (Å²) in [6, 6.07) is 10.0. The molecule has 1 aliphatic rings. The summed E-state index contributed by atoms with van der Waals surface area (Å²) in [5.74, 6) is -1.52. The van der Waals surface area contributed by atoms with Crippen LogP contribution in [-0.4, -0.2) is 34.9 Å². The Morgan fingerprint density at radius 2 is 2.00 bits per heavy atom. The van der Waals surface area contributed by atoms with Crippen LogP contribution in [0, 0.1) is 12.8 Å². The summed E-state index contributed by atoms with van der Waals surface area (Å²) in [7, 11) is 0. The highest BCUT2D eigenvalue weighted by Crippen LogP contribution is 2.32. The van der Waals surface area contributed by atoms with E-state index in [4.69, 9.17) is 0 Å². The second-order valence-electron chi connectivity index (χ2n) is 7.27. The molecule has 1 aliphatic heterocycles. The second kappa shape index (κ2) is 8.14. The van der Waals surface area contributed by atoms with E-state index in [9.17, 15) is 27.9 Å². The van der Waals surface area contributed by atoms with Gasteiger partial charge >= 0.3 is 6.18 Å². The van der Waals surface area contributed by atoms with Crippen LogP contribution in [0.25, 0.3) is 0 Å². The Morgan fingerprint density at radius 1 is 1.24 bits per heavy atom. The molecule has 0 aromatic heterocycles. The molecular weight excluding hydrogens is 385 g/mol. The van der Waals surface area contributed by atoms with Gasteiger partial charge in [0.2, 0.25) is 5.91 Å². The van der Waals surface area contributed by atoms with E-state index in [0.29, 0.717) is 25.2 Å². The molecule has 0 radical (unpaired) electrons. The van der Waals surface area contributed by atoms with Crippen molar-refractivity contribution in [1.29, 1.82) is 0 Å². The number of halogens is 3.